The fourth-order valence-electron chi connectivity index (χ4n) is 2.76. The van der Waals surface area contributed by atoms with Crippen molar-refractivity contribution in [3.8, 4) is 0 Å². The predicted molar refractivity (Wildman–Crippen MR) is 76.3 cm³/mol. The summed E-state index contributed by atoms with van der Waals surface area (Å²) in [5.74, 6) is 0.773. The number of carbonyl (C=O) groups excluding carboxylic acids is 1. The molecule has 0 aliphatic carbocycles. The number of benzene rings is 1. The van der Waals surface area contributed by atoms with Gasteiger partial charge in [0.25, 0.3) is 0 Å². The van der Waals surface area contributed by atoms with Gasteiger partial charge in [-0.3, -0.25) is 9.78 Å². The van der Waals surface area contributed by atoms with Crippen LogP contribution in [0.3, 0.4) is 0 Å². The van der Waals surface area contributed by atoms with E-state index in [0.717, 1.165) is 35.2 Å². The first-order valence-corrected chi connectivity index (χ1v) is 6.77. The first-order valence-electron chi connectivity index (χ1n) is 6.77. The van der Waals surface area contributed by atoms with Crippen molar-refractivity contribution in [2.45, 2.75) is 13.8 Å². The van der Waals surface area contributed by atoms with Gasteiger partial charge in [-0.2, -0.15) is 0 Å². The molecular weight excluding hydrogens is 236 g/mol. The molecule has 2 unspecified atom stereocenters. The molecule has 3 heteroatoms. The topological polar surface area (TPSA) is 42.0 Å². The number of fused-ring (bicyclic) bond motifs is 1. The number of aryl methyl sites for hydroxylation is 1. The van der Waals surface area contributed by atoms with Crippen LogP contribution in [0.4, 0.5) is 0 Å². The van der Waals surface area contributed by atoms with Gasteiger partial charge in [-0.25, -0.2) is 0 Å². The molecule has 1 saturated heterocycles. The smallest absolute Gasteiger partial charge is 0.167 e. The van der Waals surface area contributed by atoms with Crippen LogP contribution in [0.2, 0.25) is 0 Å². The molecule has 3 nitrogen and oxygen atoms in total. The molecule has 3 rings (SSSR count). The van der Waals surface area contributed by atoms with Crippen LogP contribution in [-0.2, 0) is 0 Å². The summed E-state index contributed by atoms with van der Waals surface area (Å²) in [6, 6.07) is 9.83. The van der Waals surface area contributed by atoms with Crippen molar-refractivity contribution in [2.24, 2.45) is 11.8 Å². The molecule has 1 N–H and O–H groups in total. The van der Waals surface area contributed by atoms with Gasteiger partial charge < -0.3 is 5.32 Å². The lowest BCUT2D eigenvalue weighted by molar-refractivity contribution is 0.0908. The van der Waals surface area contributed by atoms with E-state index in [0.29, 0.717) is 5.92 Å². The van der Waals surface area contributed by atoms with Crippen LogP contribution in [-0.4, -0.2) is 23.9 Å². The summed E-state index contributed by atoms with van der Waals surface area (Å²) in [6.07, 6.45) is 0. The molecule has 0 saturated carbocycles. The summed E-state index contributed by atoms with van der Waals surface area (Å²) in [6.45, 7) is 5.84. The average molecular weight is 254 g/mol. The number of nitrogens with one attached hydrogen (secondary N) is 1. The van der Waals surface area contributed by atoms with Crippen molar-refractivity contribution in [3.63, 3.8) is 0 Å². The Bertz CT molecular complexity index is 636. The van der Waals surface area contributed by atoms with Gasteiger partial charge in [-0.05, 0) is 43.7 Å². The number of rotatable bonds is 2. The van der Waals surface area contributed by atoms with Crippen LogP contribution >= 0.6 is 0 Å². The van der Waals surface area contributed by atoms with Crippen molar-refractivity contribution < 1.29 is 4.79 Å². The van der Waals surface area contributed by atoms with Crippen molar-refractivity contribution in [3.05, 3.63) is 41.6 Å². The summed E-state index contributed by atoms with van der Waals surface area (Å²) in [7, 11) is 0. The fourth-order valence-corrected chi connectivity index (χ4v) is 2.76. The Labute approximate surface area is 113 Å². The van der Waals surface area contributed by atoms with Crippen LogP contribution in [0, 0.1) is 18.8 Å². The van der Waals surface area contributed by atoms with E-state index in [2.05, 4.69) is 17.2 Å². The van der Waals surface area contributed by atoms with Crippen LogP contribution in [0.25, 0.3) is 10.9 Å². The highest BCUT2D eigenvalue weighted by Crippen LogP contribution is 2.23. The minimum atomic E-state index is 0.107. The Morgan fingerprint density at radius 3 is 2.84 bits per heavy atom. The number of nitrogens with zero attached hydrogens (tertiary/aromatic N) is 1. The van der Waals surface area contributed by atoms with Crippen molar-refractivity contribution in [1.82, 2.24) is 10.3 Å². The van der Waals surface area contributed by atoms with E-state index in [1.54, 1.807) is 0 Å². The molecule has 2 aromatic rings. The molecule has 0 bridgehead atoms. The van der Waals surface area contributed by atoms with Gasteiger partial charge in [0.05, 0.1) is 5.52 Å². The summed E-state index contributed by atoms with van der Waals surface area (Å²) >= 11 is 0. The van der Waals surface area contributed by atoms with Gasteiger partial charge in [0.2, 0.25) is 0 Å². The largest absolute Gasteiger partial charge is 0.316 e. The Kier molecular flexibility index (Phi) is 3.07. The van der Waals surface area contributed by atoms with E-state index in [-0.39, 0.29) is 11.7 Å². The van der Waals surface area contributed by atoms with Crippen LogP contribution < -0.4 is 5.32 Å². The molecule has 1 aliphatic rings. The summed E-state index contributed by atoms with van der Waals surface area (Å²) in [5, 5.41) is 4.32. The second kappa shape index (κ2) is 4.74. The number of carbonyl (C=O) groups is 1. The molecule has 1 aliphatic heterocycles. The fraction of sp³-hybridized carbons (Fsp3) is 0.375. The SMILES string of the molecule is Cc1ccc2cc(C(=O)C3CNCC3C)ccc2n1. The lowest BCUT2D eigenvalue weighted by Crippen LogP contribution is -2.21. The Morgan fingerprint density at radius 1 is 1.26 bits per heavy atom. The lowest BCUT2D eigenvalue weighted by atomic mass is 9.89. The molecule has 0 radical (unpaired) electrons. The molecule has 1 aromatic heterocycles. The van der Waals surface area contributed by atoms with E-state index < -0.39 is 0 Å². The first-order chi connectivity index (χ1) is 9.15. The zero-order valence-corrected chi connectivity index (χ0v) is 11.3. The van der Waals surface area contributed by atoms with Gasteiger partial charge >= 0.3 is 0 Å². The highest BCUT2D eigenvalue weighted by molar-refractivity contribution is 6.01. The predicted octanol–water partition coefficient (Wildman–Crippen LogP) is 2.58. The Morgan fingerprint density at radius 2 is 2.11 bits per heavy atom. The maximum absolute atomic E-state index is 12.5. The van der Waals surface area contributed by atoms with Crippen LogP contribution in [0.5, 0.6) is 0 Å². The number of hydrogen-bond donors (Lipinski definition) is 1. The molecule has 19 heavy (non-hydrogen) atoms. The number of aromatic nitrogens is 1. The minimum Gasteiger partial charge on any atom is -0.316 e. The molecule has 1 fully saturated rings. The number of ketones is 1. The zero-order chi connectivity index (χ0) is 13.4. The van der Waals surface area contributed by atoms with Crippen molar-refractivity contribution >= 4 is 16.7 Å². The average Bonchev–Trinajstić information content (AvgIpc) is 2.83. The summed E-state index contributed by atoms with van der Waals surface area (Å²) in [4.78, 5) is 17.0. The van der Waals surface area contributed by atoms with E-state index in [4.69, 9.17) is 0 Å². The number of hydrogen-bond acceptors (Lipinski definition) is 3. The first kappa shape index (κ1) is 12.3. The number of pyridine rings is 1. The molecule has 0 amide bonds. The number of Topliss-reactive ketones (excluding diaryl/α,β-unsaturated/α-hetero) is 1. The third-order valence-electron chi connectivity index (χ3n) is 3.97. The lowest BCUT2D eigenvalue weighted by Gasteiger charge is -2.13. The third-order valence-corrected chi connectivity index (χ3v) is 3.97. The van der Waals surface area contributed by atoms with E-state index in [1.807, 2.05) is 37.3 Å². The van der Waals surface area contributed by atoms with Gasteiger partial charge in [0.15, 0.2) is 5.78 Å². The third kappa shape index (κ3) is 2.26. The van der Waals surface area contributed by atoms with Crippen molar-refractivity contribution in [1.29, 1.82) is 0 Å². The summed E-state index contributed by atoms with van der Waals surface area (Å²) < 4.78 is 0. The van der Waals surface area contributed by atoms with Gasteiger partial charge in [0.1, 0.15) is 0 Å². The van der Waals surface area contributed by atoms with Gasteiger partial charge in [0, 0.05) is 29.1 Å². The minimum absolute atomic E-state index is 0.107. The molecule has 0 spiro atoms. The standard InChI is InChI=1S/C16H18N2O/c1-10-8-17-9-14(10)16(19)13-5-6-15-12(7-13)4-3-11(2)18-15/h3-7,10,14,17H,8-9H2,1-2H3. The molecular formula is C16H18N2O. The highest BCUT2D eigenvalue weighted by Gasteiger charge is 2.30. The van der Waals surface area contributed by atoms with E-state index in [9.17, 15) is 4.79 Å². The van der Waals surface area contributed by atoms with E-state index >= 15 is 0 Å². The molecule has 2 heterocycles. The molecule has 2 atom stereocenters. The second-order valence-corrected chi connectivity index (χ2v) is 5.47. The second-order valence-electron chi connectivity index (χ2n) is 5.47. The van der Waals surface area contributed by atoms with E-state index in [1.165, 1.54) is 0 Å². The van der Waals surface area contributed by atoms with Crippen LogP contribution in [0.1, 0.15) is 23.0 Å². The Hall–Kier alpha value is -1.74. The normalized spacial score (nSPS) is 22.8. The zero-order valence-electron chi connectivity index (χ0n) is 11.3. The maximum atomic E-state index is 12.5. The molecule has 98 valence electrons. The monoisotopic (exact) mass is 254 g/mol. The van der Waals surface area contributed by atoms with Gasteiger partial charge in [-0.1, -0.05) is 13.0 Å². The quantitative estimate of drug-likeness (QED) is 0.838. The van der Waals surface area contributed by atoms with Crippen molar-refractivity contribution in [2.75, 3.05) is 13.1 Å². The highest BCUT2D eigenvalue weighted by atomic mass is 16.1. The maximum Gasteiger partial charge on any atom is 0.167 e. The van der Waals surface area contributed by atoms with Gasteiger partial charge in [-0.15, -0.1) is 0 Å². The van der Waals surface area contributed by atoms with Crippen LogP contribution in [0.15, 0.2) is 30.3 Å². The Balaban J connectivity index is 1.97. The molecule has 1 aromatic carbocycles. The summed E-state index contributed by atoms with van der Waals surface area (Å²) in [5.41, 5.74) is 2.76.